The lowest BCUT2D eigenvalue weighted by atomic mass is 10.0. The molecule has 43 heavy (non-hydrogen) atoms. The maximum absolute atomic E-state index is 13.4. The molecule has 1 aromatic carbocycles. The normalized spacial score (nSPS) is 19.2. The number of hydrogen-bond donors (Lipinski definition) is 1. The lowest BCUT2D eigenvalue weighted by Gasteiger charge is -2.28. The first-order valence-electron chi connectivity index (χ1n) is 14.2. The van der Waals surface area contributed by atoms with Crippen LogP contribution in [0, 0.1) is 6.92 Å². The van der Waals surface area contributed by atoms with Crippen molar-refractivity contribution < 1.29 is 42.0 Å². The van der Waals surface area contributed by atoms with E-state index in [-0.39, 0.29) is 29.2 Å². The Morgan fingerprint density at radius 1 is 1.07 bits per heavy atom. The standard InChI is InChI=1S/C30H32F2N4O7/c1-19-18-33-25(34-29(37)20-5-6-23-24(14-20)43-30(31,32)42-23)17-22(19)21-15-26(36-7-10-38-11-8-36)35-27(16-21)39-12-13-41-28-4-2-3-9-40-28/h5-6,14-18,28H,2-4,7-13H2,1H3,(H,33,34,37). The van der Waals surface area contributed by atoms with Crippen LogP contribution in [0.2, 0.25) is 0 Å². The van der Waals surface area contributed by atoms with E-state index < -0.39 is 12.2 Å². The Labute approximate surface area is 247 Å². The van der Waals surface area contributed by atoms with Crippen molar-refractivity contribution in [1.29, 1.82) is 0 Å². The van der Waals surface area contributed by atoms with Gasteiger partial charge in [0.25, 0.3) is 5.91 Å². The molecule has 3 aliphatic rings. The molecule has 6 rings (SSSR count). The van der Waals surface area contributed by atoms with Crippen LogP contribution in [0.25, 0.3) is 11.1 Å². The maximum Gasteiger partial charge on any atom is 0.586 e. The highest BCUT2D eigenvalue weighted by Crippen LogP contribution is 2.41. The van der Waals surface area contributed by atoms with Gasteiger partial charge in [-0.3, -0.25) is 4.79 Å². The highest BCUT2D eigenvalue weighted by molar-refractivity contribution is 6.04. The van der Waals surface area contributed by atoms with E-state index in [0.717, 1.165) is 41.8 Å². The Hall–Kier alpha value is -4.07. The average Bonchev–Trinajstić information content (AvgIpc) is 3.34. The third kappa shape index (κ3) is 7.12. The number of hydrogen-bond acceptors (Lipinski definition) is 10. The predicted molar refractivity (Wildman–Crippen MR) is 151 cm³/mol. The molecule has 1 unspecified atom stereocenters. The Morgan fingerprint density at radius 3 is 2.72 bits per heavy atom. The van der Waals surface area contributed by atoms with Gasteiger partial charge in [-0.1, -0.05) is 0 Å². The molecule has 1 N–H and O–H groups in total. The average molecular weight is 599 g/mol. The van der Waals surface area contributed by atoms with Gasteiger partial charge in [0, 0.05) is 37.5 Å². The Kier molecular flexibility index (Phi) is 8.54. The zero-order valence-corrected chi connectivity index (χ0v) is 23.6. The minimum atomic E-state index is -3.77. The monoisotopic (exact) mass is 598 g/mol. The number of carbonyl (C=O) groups excluding carboxylic acids is 1. The van der Waals surface area contributed by atoms with Crippen LogP contribution in [0.15, 0.2) is 42.6 Å². The number of rotatable bonds is 9. The zero-order chi connectivity index (χ0) is 29.8. The molecule has 13 heteroatoms. The number of ether oxygens (including phenoxy) is 6. The predicted octanol–water partition coefficient (Wildman–Crippen LogP) is 4.78. The van der Waals surface area contributed by atoms with Crippen molar-refractivity contribution in [3.63, 3.8) is 0 Å². The Balaban J connectivity index is 1.20. The maximum atomic E-state index is 13.4. The first-order valence-corrected chi connectivity index (χ1v) is 14.2. The number of amides is 1. The summed E-state index contributed by atoms with van der Waals surface area (Å²) in [6, 6.07) is 9.40. The molecule has 2 aromatic heterocycles. The van der Waals surface area contributed by atoms with Gasteiger partial charge in [-0.15, -0.1) is 8.78 Å². The van der Waals surface area contributed by atoms with Crippen LogP contribution in [-0.4, -0.2) is 74.6 Å². The Bertz CT molecular complexity index is 1460. The SMILES string of the molecule is Cc1cnc(NC(=O)c2ccc3c(c2)OC(F)(F)O3)cc1-c1cc(OCCOC2CCCCO2)nc(N2CCOCC2)c1. The molecule has 2 fully saturated rings. The first kappa shape index (κ1) is 29.0. The number of pyridine rings is 2. The molecule has 1 atom stereocenters. The quantitative estimate of drug-likeness (QED) is 0.345. The summed E-state index contributed by atoms with van der Waals surface area (Å²) >= 11 is 0. The van der Waals surface area contributed by atoms with Gasteiger partial charge in [0.2, 0.25) is 5.88 Å². The lowest BCUT2D eigenvalue weighted by molar-refractivity contribution is -0.286. The summed E-state index contributed by atoms with van der Waals surface area (Å²) in [7, 11) is 0. The number of aromatic nitrogens is 2. The number of morpholine rings is 1. The van der Waals surface area contributed by atoms with Crippen molar-refractivity contribution >= 4 is 17.5 Å². The molecule has 1 amide bonds. The minimum absolute atomic E-state index is 0.110. The molecule has 228 valence electrons. The number of nitrogens with one attached hydrogen (secondary N) is 1. The van der Waals surface area contributed by atoms with E-state index in [1.807, 2.05) is 19.1 Å². The number of halogens is 2. The van der Waals surface area contributed by atoms with Gasteiger partial charge in [0.15, 0.2) is 17.8 Å². The molecule has 3 aliphatic heterocycles. The number of fused-ring (bicyclic) bond motifs is 1. The van der Waals surface area contributed by atoms with Crippen LogP contribution in [-0.2, 0) is 14.2 Å². The van der Waals surface area contributed by atoms with E-state index in [1.54, 1.807) is 12.3 Å². The van der Waals surface area contributed by atoms with Crippen molar-refractivity contribution in [2.45, 2.75) is 38.8 Å². The summed E-state index contributed by atoms with van der Waals surface area (Å²) in [6.45, 7) is 5.87. The van der Waals surface area contributed by atoms with E-state index in [0.29, 0.717) is 52.0 Å². The van der Waals surface area contributed by atoms with Gasteiger partial charge >= 0.3 is 6.29 Å². The number of carbonyl (C=O) groups is 1. The lowest BCUT2D eigenvalue weighted by Crippen LogP contribution is -2.36. The molecule has 5 heterocycles. The number of benzene rings is 1. The Morgan fingerprint density at radius 2 is 1.91 bits per heavy atom. The van der Waals surface area contributed by atoms with E-state index in [1.165, 1.54) is 18.2 Å². The van der Waals surface area contributed by atoms with E-state index in [9.17, 15) is 13.6 Å². The van der Waals surface area contributed by atoms with Crippen molar-refractivity contribution in [2.24, 2.45) is 0 Å². The van der Waals surface area contributed by atoms with Gasteiger partial charge < -0.3 is 38.6 Å². The van der Waals surface area contributed by atoms with E-state index >= 15 is 0 Å². The van der Waals surface area contributed by atoms with Crippen LogP contribution in [0.5, 0.6) is 17.4 Å². The second kappa shape index (κ2) is 12.7. The molecule has 0 spiro atoms. The molecule has 0 bridgehead atoms. The highest BCUT2D eigenvalue weighted by atomic mass is 19.3. The second-order valence-electron chi connectivity index (χ2n) is 10.3. The third-order valence-electron chi connectivity index (χ3n) is 7.22. The highest BCUT2D eigenvalue weighted by Gasteiger charge is 2.43. The molecule has 2 saturated heterocycles. The molecule has 0 saturated carbocycles. The minimum Gasteiger partial charge on any atom is -0.475 e. The van der Waals surface area contributed by atoms with Crippen LogP contribution in [0.3, 0.4) is 0 Å². The molecule has 0 aliphatic carbocycles. The molecule has 11 nitrogen and oxygen atoms in total. The van der Waals surface area contributed by atoms with Gasteiger partial charge in [-0.25, -0.2) is 4.98 Å². The molecule has 0 radical (unpaired) electrons. The van der Waals surface area contributed by atoms with Crippen molar-refractivity contribution in [1.82, 2.24) is 9.97 Å². The van der Waals surface area contributed by atoms with Crippen molar-refractivity contribution in [3.8, 4) is 28.5 Å². The fraction of sp³-hybridized carbons (Fsp3) is 0.433. The second-order valence-corrected chi connectivity index (χ2v) is 10.3. The smallest absolute Gasteiger partial charge is 0.475 e. The van der Waals surface area contributed by atoms with E-state index in [4.69, 9.17) is 23.9 Å². The van der Waals surface area contributed by atoms with Crippen molar-refractivity contribution in [3.05, 3.63) is 53.7 Å². The van der Waals surface area contributed by atoms with Crippen molar-refractivity contribution in [2.75, 3.05) is 56.3 Å². The number of alkyl halides is 2. The summed E-state index contributed by atoms with van der Waals surface area (Å²) in [4.78, 5) is 24.2. The van der Waals surface area contributed by atoms with Crippen LogP contribution < -0.4 is 24.4 Å². The molecule has 3 aromatic rings. The summed E-state index contributed by atoms with van der Waals surface area (Å²) < 4.78 is 58.7. The largest absolute Gasteiger partial charge is 0.586 e. The van der Waals surface area contributed by atoms with Gasteiger partial charge in [0.05, 0.1) is 19.8 Å². The van der Waals surface area contributed by atoms with Gasteiger partial charge in [-0.05, 0) is 73.2 Å². The number of anilines is 2. The number of nitrogens with zero attached hydrogens (tertiary/aromatic N) is 3. The fourth-order valence-corrected chi connectivity index (χ4v) is 5.03. The molecular formula is C30H32F2N4O7. The van der Waals surface area contributed by atoms with Gasteiger partial charge in [-0.2, -0.15) is 4.98 Å². The summed E-state index contributed by atoms with van der Waals surface area (Å²) in [5.74, 6) is 0.558. The molecular weight excluding hydrogens is 566 g/mol. The summed E-state index contributed by atoms with van der Waals surface area (Å²) in [5, 5.41) is 2.74. The topological polar surface area (TPSA) is 114 Å². The number of aryl methyl sites for hydroxylation is 1. The zero-order valence-electron chi connectivity index (χ0n) is 23.6. The van der Waals surface area contributed by atoms with Crippen LogP contribution in [0.4, 0.5) is 20.4 Å². The fourth-order valence-electron chi connectivity index (χ4n) is 5.03. The van der Waals surface area contributed by atoms with Crippen LogP contribution in [0.1, 0.15) is 35.2 Å². The van der Waals surface area contributed by atoms with E-state index in [2.05, 4.69) is 24.7 Å². The third-order valence-corrected chi connectivity index (χ3v) is 7.22. The van der Waals surface area contributed by atoms with Crippen LogP contribution >= 0.6 is 0 Å². The first-order chi connectivity index (χ1) is 20.8. The van der Waals surface area contributed by atoms with Gasteiger partial charge in [0.1, 0.15) is 18.2 Å². The summed E-state index contributed by atoms with van der Waals surface area (Å²) in [6.07, 6.45) is 0.693. The summed E-state index contributed by atoms with van der Waals surface area (Å²) in [5.41, 5.74) is 2.61.